The number of carbonyl (C=O) groups is 1. The van der Waals surface area contributed by atoms with Crippen molar-refractivity contribution in [1.29, 1.82) is 0 Å². The Morgan fingerprint density at radius 1 is 1.38 bits per heavy atom. The highest BCUT2D eigenvalue weighted by Gasteiger charge is 2.31. The lowest BCUT2D eigenvalue weighted by molar-refractivity contribution is -0.141. The third kappa shape index (κ3) is 3.99. The molecule has 116 valence electrons. The number of nitrogens with two attached hydrogens (primary N) is 1. The molecule has 0 aromatic heterocycles. The average molecular weight is 330 g/mol. The van der Waals surface area contributed by atoms with E-state index >= 15 is 0 Å². The number of methoxy groups -OCH3 is 1. The summed E-state index contributed by atoms with van der Waals surface area (Å²) in [7, 11) is -2.71. The van der Waals surface area contributed by atoms with Gasteiger partial charge < -0.3 is 10.5 Å². The molecule has 0 heterocycles. The maximum atomic E-state index is 12.8. The van der Waals surface area contributed by atoms with Crippen molar-refractivity contribution in [1.82, 2.24) is 4.31 Å². The Bertz CT molecular complexity index is 641. The molecule has 0 fully saturated rings. The van der Waals surface area contributed by atoms with Crippen LogP contribution in [0, 0.1) is 0 Å². The fraction of sp³-hybridized carbons (Fsp3) is 0.385. The van der Waals surface area contributed by atoms with Gasteiger partial charge in [-0.25, -0.2) is 8.42 Å². The largest absolute Gasteiger partial charge is 0.468 e. The molecule has 1 aromatic carbocycles. The zero-order valence-corrected chi connectivity index (χ0v) is 13.7. The van der Waals surface area contributed by atoms with Crippen molar-refractivity contribution >= 4 is 33.2 Å². The van der Waals surface area contributed by atoms with Crippen molar-refractivity contribution in [2.75, 3.05) is 13.7 Å². The second-order valence-electron chi connectivity index (χ2n) is 4.58. The number of ether oxygens (including phenoxy) is 1. The molecule has 0 saturated heterocycles. The molecule has 0 aliphatic carbocycles. The topological polar surface area (TPSA) is 89.7 Å². The van der Waals surface area contributed by atoms with E-state index in [9.17, 15) is 13.2 Å². The standard InChI is InChI=1S/C13H18N2O4S2/c1-9(2)15(8-12(16)19-3)21(17,18)11-7-5-4-6-10(11)13(14)20/h4-7,9H,8H2,1-3H3,(H2,14,20). The minimum absolute atomic E-state index is 0.0176. The first-order chi connectivity index (χ1) is 9.71. The van der Waals surface area contributed by atoms with Gasteiger partial charge in [-0.1, -0.05) is 30.4 Å². The van der Waals surface area contributed by atoms with Crippen molar-refractivity contribution in [3.63, 3.8) is 0 Å². The lowest BCUT2D eigenvalue weighted by atomic mass is 10.2. The first-order valence-electron chi connectivity index (χ1n) is 6.19. The smallest absolute Gasteiger partial charge is 0.321 e. The van der Waals surface area contributed by atoms with Gasteiger partial charge in [0.25, 0.3) is 0 Å². The third-order valence-electron chi connectivity index (χ3n) is 2.83. The van der Waals surface area contributed by atoms with Crippen molar-refractivity contribution in [2.45, 2.75) is 24.8 Å². The molecule has 21 heavy (non-hydrogen) atoms. The molecule has 0 radical (unpaired) electrons. The number of benzene rings is 1. The Kier molecular flexibility index (Phi) is 5.82. The van der Waals surface area contributed by atoms with Crippen LogP contribution in [0.5, 0.6) is 0 Å². The van der Waals surface area contributed by atoms with E-state index in [0.717, 1.165) is 4.31 Å². The van der Waals surface area contributed by atoms with Crippen LogP contribution in [0.25, 0.3) is 0 Å². The normalized spacial score (nSPS) is 11.7. The van der Waals surface area contributed by atoms with Crippen LogP contribution in [0.15, 0.2) is 29.2 Å². The van der Waals surface area contributed by atoms with Crippen LogP contribution >= 0.6 is 12.2 Å². The summed E-state index contributed by atoms with van der Waals surface area (Å²) >= 11 is 4.88. The molecule has 8 heteroatoms. The summed E-state index contributed by atoms with van der Waals surface area (Å²) in [5.41, 5.74) is 5.82. The Balaban J connectivity index is 3.37. The number of carbonyl (C=O) groups excluding carboxylic acids is 1. The molecular weight excluding hydrogens is 312 g/mol. The molecule has 0 aliphatic heterocycles. The maximum Gasteiger partial charge on any atom is 0.321 e. The van der Waals surface area contributed by atoms with E-state index in [1.54, 1.807) is 26.0 Å². The van der Waals surface area contributed by atoms with E-state index in [1.807, 2.05) is 0 Å². The molecular formula is C13H18N2O4S2. The molecule has 0 amide bonds. The second-order valence-corrected chi connectivity index (χ2v) is 6.88. The zero-order chi connectivity index (χ0) is 16.2. The third-order valence-corrected chi connectivity index (χ3v) is 5.13. The van der Waals surface area contributed by atoms with Crippen molar-refractivity contribution in [2.24, 2.45) is 5.73 Å². The number of hydrogen-bond donors (Lipinski definition) is 1. The van der Waals surface area contributed by atoms with E-state index in [0.29, 0.717) is 0 Å². The van der Waals surface area contributed by atoms with Crippen molar-refractivity contribution in [3.8, 4) is 0 Å². The molecule has 2 N–H and O–H groups in total. The highest BCUT2D eigenvalue weighted by molar-refractivity contribution is 7.89. The van der Waals surface area contributed by atoms with Gasteiger partial charge in [0.15, 0.2) is 0 Å². The van der Waals surface area contributed by atoms with E-state index in [4.69, 9.17) is 18.0 Å². The average Bonchev–Trinajstić information content (AvgIpc) is 2.43. The van der Waals surface area contributed by atoms with Gasteiger partial charge in [-0.05, 0) is 19.9 Å². The van der Waals surface area contributed by atoms with Gasteiger partial charge in [-0.2, -0.15) is 4.31 Å². The zero-order valence-electron chi connectivity index (χ0n) is 12.1. The van der Waals surface area contributed by atoms with E-state index in [2.05, 4.69) is 4.74 Å². The molecule has 0 saturated carbocycles. The molecule has 0 unspecified atom stereocenters. The Morgan fingerprint density at radius 2 is 1.95 bits per heavy atom. The maximum absolute atomic E-state index is 12.8. The lowest BCUT2D eigenvalue weighted by Crippen LogP contribution is -2.41. The van der Waals surface area contributed by atoms with Crippen LogP contribution in [0.2, 0.25) is 0 Å². The van der Waals surface area contributed by atoms with Crippen LogP contribution in [-0.4, -0.2) is 43.4 Å². The number of esters is 1. The minimum Gasteiger partial charge on any atom is -0.468 e. The Morgan fingerprint density at radius 3 is 2.43 bits per heavy atom. The summed E-state index contributed by atoms with van der Waals surface area (Å²) in [6, 6.07) is 5.75. The summed E-state index contributed by atoms with van der Waals surface area (Å²) in [6.07, 6.45) is 0. The van der Waals surface area contributed by atoms with Gasteiger partial charge in [0.05, 0.1) is 12.0 Å². The van der Waals surface area contributed by atoms with Gasteiger partial charge >= 0.3 is 5.97 Å². The van der Waals surface area contributed by atoms with Gasteiger partial charge in [-0.15, -0.1) is 0 Å². The lowest BCUT2D eigenvalue weighted by Gasteiger charge is -2.25. The van der Waals surface area contributed by atoms with E-state index in [-0.39, 0.29) is 22.0 Å². The summed E-state index contributed by atoms with van der Waals surface area (Å²) in [5, 5.41) is 0. The van der Waals surface area contributed by atoms with Gasteiger partial charge in [0.1, 0.15) is 11.5 Å². The fourth-order valence-corrected chi connectivity index (χ4v) is 3.79. The van der Waals surface area contributed by atoms with Crippen LogP contribution in [0.1, 0.15) is 19.4 Å². The highest BCUT2D eigenvalue weighted by atomic mass is 32.2. The summed E-state index contributed by atoms with van der Waals surface area (Å²) in [5.74, 6) is -0.639. The first kappa shape index (κ1) is 17.5. The highest BCUT2D eigenvalue weighted by Crippen LogP contribution is 2.22. The SMILES string of the molecule is COC(=O)CN(C(C)C)S(=O)(=O)c1ccccc1C(N)=S. The Hall–Kier alpha value is -1.51. The molecule has 1 rings (SSSR count). The molecule has 1 aromatic rings. The monoisotopic (exact) mass is 330 g/mol. The molecule has 0 aliphatic rings. The molecule has 0 spiro atoms. The second kappa shape index (κ2) is 6.97. The fourth-order valence-electron chi connectivity index (χ4n) is 1.76. The van der Waals surface area contributed by atoms with Crippen LogP contribution < -0.4 is 5.73 Å². The summed E-state index contributed by atoms with van der Waals surface area (Å²) < 4.78 is 31.1. The number of sulfonamides is 1. The van der Waals surface area contributed by atoms with Crippen LogP contribution in [-0.2, 0) is 19.6 Å². The van der Waals surface area contributed by atoms with E-state index in [1.165, 1.54) is 19.2 Å². The van der Waals surface area contributed by atoms with Gasteiger partial charge in [-0.3, -0.25) is 4.79 Å². The summed E-state index contributed by atoms with van der Waals surface area (Å²) in [4.78, 5) is 11.4. The first-order valence-corrected chi connectivity index (χ1v) is 8.04. The quantitative estimate of drug-likeness (QED) is 0.615. The van der Waals surface area contributed by atoms with Crippen LogP contribution in [0.3, 0.4) is 0 Å². The molecule has 0 bridgehead atoms. The number of hydrogen-bond acceptors (Lipinski definition) is 5. The summed E-state index contributed by atoms with van der Waals surface area (Å²) in [6.45, 7) is 2.97. The number of rotatable bonds is 6. The predicted octanol–water partition coefficient (Wildman–Crippen LogP) is 0.893. The minimum atomic E-state index is -3.92. The van der Waals surface area contributed by atoms with Crippen molar-refractivity contribution < 1.29 is 17.9 Å². The molecule has 6 nitrogen and oxygen atoms in total. The number of thiocarbonyl (C=S) groups is 1. The predicted molar refractivity (Wildman–Crippen MR) is 83.4 cm³/mol. The Labute approximate surface area is 129 Å². The van der Waals surface area contributed by atoms with Gasteiger partial charge in [0.2, 0.25) is 10.0 Å². The van der Waals surface area contributed by atoms with E-state index < -0.39 is 22.0 Å². The number of nitrogens with zero attached hydrogens (tertiary/aromatic N) is 1. The molecule has 0 atom stereocenters. The van der Waals surface area contributed by atoms with Crippen LogP contribution in [0.4, 0.5) is 0 Å². The van der Waals surface area contributed by atoms with Gasteiger partial charge in [0, 0.05) is 11.6 Å². The van der Waals surface area contributed by atoms with Crippen molar-refractivity contribution in [3.05, 3.63) is 29.8 Å².